The van der Waals surface area contributed by atoms with E-state index < -0.39 is 6.17 Å². The molecule has 1 N–H and O–H groups in total. The number of nitrogens with zero attached hydrogens (tertiary/aromatic N) is 3. The van der Waals surface area contributed by atoms with Crippen molar-refractivity contribution < 1.29 is 13.7 Å². The van der Waals surface area contributed by atoms with E-state index in [1.165, 1.54) is 0 Å². The first-order valence-electron chi connectivity index (χ1n) is 8.57. The first-order chi connectivity index (χ1) is 11.6. The van der Waals surface area contributed by atoms with Gasteiger partial charge in [0.2, 0.25) is 0 Å². The van der Waals surface area contributed by atoms with Gasteiger partial charge >= 0.3 is 0 Å². The fourth-order valence-corrected chi connectivity index (χ4v) is 3.64. The fourth-order valence-electron chi connectivity index (χ4n) is 3.64. The third-order valence-electron chi connectivity index (χ3n) is 4.93. The predicted molar refractivity (Wildman–Crippen MR) is 86.6 cm³/mol. The monoisotopic (exact) mass is 332 g/mol. The maximum absolute atomic E-state index is 13.4. The van der Waals surface area contributed by atoms with Gasteiger partial charge in [-0.1, -0.05) is 5.16 Å². The van der Waals surface area contributed by atoms with Gasteiger partial charge in [0, 0.05) is 18.8 Å². The Balaban J connectivity index is 1.75. The molecule has 6 nitrogen and oxygen atoms in total. The van der Waals surface area contributed by atoms with Gasteiger partial charge in [-0.2, -0.15) is 0 Å². The van der Waals surface area contributed by atoms with Crippen LogP contribution in [0.2, 0.25) is 0 Å². The molecule has 1 amide bonds. The van der Waals surface area contributed by atoms with Crippen LogP contribution in [-0.2, 0) is 0 Å². The molecule has 0 bridgehead atoms. The molecule has 2 aromatic rings. The minimum Gasteiger partial charge on any atom is -0.338 e. The van der Waals surface area contributed by atoms with Crippen LogP contribution in [0.15, 0.2) is 10.6 Å². The van der Waals surface area contributed by atoms with Crippen molar-refractivity contribution in [1.29, 1.82) is 0 Å². The Morgan fingerprint density at radius 3 is 2.88 bits per heavy atom. The number of carbonyl (C=O) groups excluding carboxylic acids is 1. The van der Waals surface area contributed by atoms with Crippen molar-refractivity contribution in [3.63, 3.8) is 0 Å². The van der Waals surface area contributed by atoms with Crippen LogP contribution in [0.1, 0.15) is 53.5 Å². The van der Waals surface area contributed by atoms with Gasteiger partial charge in [-0.15, -0.1) is 0 Å². The predicted octanol–water partition coefficient (Wildman–Crippen LogP) is 2.53. The first kappa shape index (κ1) is 15.5. The number of likely N-dealkylation sites (tertiary alicyclic amines) is 1. The average molecular weight is 332 g/mol. The van der Waals surface area contributed by atoms with Gasteiger partial charge in [0.1, 0.15) is 11.9 Å². The van der Waals surface area contributed by atoms with E-state index in [9.17, 15) is 9.18 Å². The zero-order valence-electron chi connectivity index (χ0n) is 13.7. The lowest BCUT2D eigenvalue weighted by atomic mass is 10.0. The Labute approximate surface area is 139 Å². The standard InChI is InChI=1S/C17H21FN4O2/c1-10-9-12(17(23)22-7-4-11(18)5-8-22)14-15(13-3-2-6-19-13)21-24-16(14)20-10/h9,11,13,19H,2-8H2,1H3. The zero-order chi connectivity index (χ0) is 16.7. The molecule has 2 saturated heterocycles. The molecule has 0 aliphatic carbocycles. The van der Waals surface area contributed by atoms with Crippen molar-refractivity contribution in [3.8, 4) is 0 Å². The van der Waals surface area contributed by atoms with Crippen molar-refractivity contribution in [2.24, 2.45) is 0 Å². The van der Waals surface area contributed by atoms with E-state index in [1.54, 1.807) is 11.0 Å². The molecular formula is C17H21FN4O2. The lowest BCUT2D eigenvalue weighted by Gasteiger charge is -2.29. The fraction of sp³-hybridized carbons (Fsp3) is 0.588. The third kappa shape index (κ3) is 2.66. The van der Waals surface area contributed by atoms with Crippen molar-refractivity contribution >= 4 is 17.0 Å². The molecular weight excluding hydrogens is 311 g/mol. The van der Waals surface area contributed by atoms with Crippen LogP contribution in [0.4, 0.5) is 4.39 Å². The summed E-state index contributed by atoms with van der Waals surface area (Å²) >= 11 is 0. The van der Waals surface area contributed by atoms with E-state index in [4.69, 9.17) is 4.52 Å². The van der Waals surface area contributed by atoms with Gasteiger partial charge in [-0.05, 0) is 45.2 Å². The molecule has 4 rings (SSSR count). The second-order valence-electron chi connectivity index (χ2n) is 6.67. The lowest BCUT2D eigenvalue weighted by Crippen LogP contribution is -2.39. The van der Waals surface area contributed by atoms with Crippen molar-refractivity contribution in [2.45, 2.75) is 44.8 Å². The van der Waals surface area contributed by atoms with Gasteiger partial charge in [-0.3, -0.25) is 4.79 Å². The van der Waals surface area contributed by atoms with E-state index in [0.717, 1.165) is 25.1 Å². The van der Waals surface area contributed by atoms with Crippen LogP contribution >= 0.6 is 0 Å². The molecule has 0 aromatic carbocycles. The number of fused-ring (bicyclic) bond motifs is 1. The molecule has 0 spiro atoms. The lowest BCUT2D eigenvalue weighted by molar-refractivity contribution is 0.0668. The van der Waals surface area contributed by atoms with Crippen molar-refractivity contribution in [2.75, 3.05) is 19.6 Å². The molecule has 1 unspecified atom stereocenters. The number of carbonyl (C=O) groups is 1. The van der Waals surface area contributed by atoms with Crippen molar-refractivity contribution in [1.82, 2.24) is 20.4 Å². The van der Waals surface area contributed by atoms with E-state index >= 15 is 0 Å². The Morgan fingerprint density at radius 2 is 2.17 bits per heavy atom. The topological polar surface area (TPSA) is 71.3 Å². The van der Waals surface area contributed by atoms with E-state index in [1.807, 2.05) is 6.92 Å². The number of hydrogen-bond donors (Lipinski definition) is 1. The smallest absolute Gasteiger partial charge is 0.259 e. The summed E-state index contributed by atoms with van der Waals surface area (Å²) in [6, 6.07) is 1.89. The van der Waals surface area contributed by atoms with Crippen LogP contribution in [0.5, 0.6) is 0 Å². The Morgan fingerprint density at radius 1 is 1.38 bits per heavy atom. The molecule has 2 fully saturated rings. The second-order valence-corrected chi connectivity index (χ2v) is 6.67. The van der Waals surface area contributed by atoms with Crippen LogP contribution < -0.4 is 5.32 Å². The quantitative estimate of drug-likeness (QED) is 0.915. The van der Waals surface area contributed by atoms with E-state index in [2.05, 4.69) is 15.5 Å². The number of nitrogens with one attached hydrogen (secondary N) is 1. The molecule has 4 heterocycles. The summed E-state index contributed by atoms with van der Waals surface area (Å²) in [7, 11) is 0. The molecule has 2 aromatic heterocycles. The number of aryl methyl sites for hydroxylation is 1. The molecule has 128 valence electrons. The maximum atomic E-state index is 13.4. The summed E-state index contributed by atoms with van der Waals surface area (Å²) < 4.78 is 18.8. The SMILES string of the molecule is Cc1cc(C(=O)N2CCC(F)CC2)c2c(C3CCCN3)noc2n1. The summed E-state index contributed by atoms with van der Waals surface area (Å²) in [5.41, 5.74) is 2.45. The average Bonchev–Trinajstić information content (AvgIpc) is 3.23. The minimum atomic E-state index is -0.804. The Bertz CT molecular complexity index is 761. The molecule has 2 aliphatic rings. The van der Waals surface area contributed by atoms with Crippen LogP contribution in [0, 0.1) is 6.92 Å². The minimum absolute atomic E-state index is 0.0835. The highest BCUT2D eigenvalue weighted by molar-refractivity contribution is 6.06. The van der Waals surface area contributed by atoms with Gasteiger partial charge in [0.15, 0.2) is 0 Å². The summed E-state index contributed by atoms with van der Waals surface area (Å²) in [4.78, 5) is 19.1. The zero-order valence-corrected chi connectivity index (χ0v) is 13.7. The molecule has 7 heteroatoms. The number of hydrogen-bond acceptors (Lipinski definition) is 5. The number of alkyl halides is 1. The molecule has 0 radical (unpaired) electrons. The summed E-state index contributed by atoms with van der Waals surface area (Å²) in [6.07, 6.45) is 2.04. The maximum Gasteiger partial charge on any atom is 0.259 e. The second kappa shape index (κ2) is 6.12. The van der Waals surface area contributed by atoms with Crippen molar-refractivity contribution in [3.05, 3.63) is 23.0 Å². The largest absolute Gasteiger partial charge is 0.338 e. The normalized spacial score (nSPS) is 22.4. The van der Waals surface area contributed by atoms with Crippen LogP contribution in [0.3, 0.4) is 0 Å². The number of aromatic nitrogens is 2. The summed E-state index contributed by atoms with van der Waals surface area (Å²) in [5, 5.41) is 8.28. The summed E-state index contributed by atoms with van der Waals surface area (Å²) in [6.45, 7) is 3.67. The number of amides is 1. The third-order valence-corrected chi connectivity index (χ3v) is 4.93. The highest BCUT2D eigenvalue weighted by atomic mass is 19.1. The Hall–Kier alpha value is -2.02. The molecule has 1 atom stereocenters. The number of halogens is 1. The number of piperidine rings is 1. The molecule has 0 saturated carbocycles. The van der Waals surface area contributed by atoms with E-state index in [-0.39, 0.29) is 11.9 Å². The number of rotatable bonds is 2. The van der Waals surface area contributed by atoms with E-state index in [0.29, 0.717) is 48.3 Å². The number of pyridine rings is 1. The van der Waals surface area contributed by atoms with Crippen LogP contribution in [-0.4, -0.2) is 46.8 Å². The first-order valence-corrected chi connectivity index (χ1v) is 8.57. The van der Waals surface area contributed by atoms with Gasteiger partial charge in [0.05, 0.1) is 17.0 Å². The van der Waals surface area contributed by atoms with Crippen LogP contribution in [0.25, 0.3) is 11.1 Å². The van der Waals surface area contributed by atoms with Gasteiger partial charge in [-0.25, -0.2) is 9.37 Å². The Kier molecular flexibility index (Phi) is 3.96. The summed E-state index contributed by atoms with van der Waals surface area (Å²) in [5.74, 6) is -0.0835. The highest BCUT2D eigenvalue weighted by Crippen LogP contribution is 2.32. The highest BCUT2D eigenvalue weighted by Gasteiger charge is 2.30. The van der Waals surface area contributed by atoms with Gasteiger partial charge < -0.3 is 14.7 Å². The molecule has 2 aliphatic heterocycles. The van der Waals surface area contributed by atoms with Gasteiger partial charge in [0.25, 0.3) is 11.6 Å². The molecule has 24 heavy (non-hydrogen) atoms.